The van der Waals surface area contributed by atoms with E-state index in [0.717, 1.165) is 15.7 Å². The summed E-state index contributed by atoms with van der Waals surface area (Å²) < 4.78 is 13.8. The first kappa shape index (κ1) is 13.1. The van der Waals surface area contributed by atoms with E-state index in [1.807, 2.05) is 6.07 Å². The Morgan fingerprint density at radius 3 is 2.67 bits per heavy atom. The maximum absolute atomic E-state index is 13.0. The minimum atomic E-state index is -0.225. The van der Waals surface area contributed by atoms with Gasteiger partial charge in [-0.2, -0.15) is 0 Å². The van der Waals surface area contributed by atoms with Gasteiger partial charge < -0.3 is 5.32 Å². The minimum Gasteiger partial charge on any atom is -0.381 e. The van der Waals surface area contributed by atoms with Gasteiger partial charge in [0, 0.05) is 16.7 Å². The zero-order valence-electron chi connectivity index (χ0n) is 10.4. The molecule has 0 amide bonds. The monoisotopic (exact) mass is 307 g/mol. The highest BCUT2D eigenvalue weighted by Crippen LogP contribution is 2.22. The Balaban J connectivity index is 2.14. The van der Waals surface area contributed by atoms with Crippen LogP contribution in [0.5, 0.6) is 0 Å². The fourth-order valence-corrected chi connectivity index (χ4v) is 2.29. The van der Waals surface area contributed by atoms with E-state index in [-0.39, 0.29) is 5.82 Å². The molecule has 94 valence electrons. The molecule has 0 unspecified atom stereocenters. The molecule has 0 spiro atoms. The summed E-state index contributed by atoms with van der Waals surface area (Å²) in [6, 6.07) is 10.9. The molecule has 2 aromatic rings. The van der Waals surface area contributed by atoms with Crippen molar-refractivity contribution in [2.75, 3.05) is 5.32 Å². The first-order valence-electron chi connectivity index (χ1n) is 5.82. The SMILES string of the molecule is Cc1cccc(NCc2ccc(F)cc2Br)c1C. The van der Waals surface area contributed by atoms with Crippen LogP contribution >= 0.6 is 15.9 Å². The summed E-state index contributed by atoms with van der Waals surface area (Å²) in [4.78, 5) is 0. The Morgan fingerprint density at radius 2 is 1.94 bits per heavy atom. The molecule has 0 saturated carbocycles. The quantitative estimate of drug-likeness (QED) is 0.857. The molecule has 0 atom stereocenters. The molecular formula is C15H15BrFN. The molecule has 0 aliphatic heterocycles. The molecule has 0 aromatic heterocycles. The lowest BCUT2D eigenvalue weighted by Crippen LogP contribution is -2.02. The van der Waals surface area contributed by atoms with Gasteiger partial charge in [0.05, 0.1) is 0 Å². The van der Waals surface area contributed by atoms with Gasteiger partial charge in [0.1, 0.15) is 5.82 Å². The Hall–Kier alpha value is -1.35. The number of anilines is 1. The lowest BCUT2D eigenvalue weighted by atomic mass is 10.1. The van der Waals surface area contributed by atoms with Gasteiger partial charge in [-0.25, -0.2) is 4.39 Å². The smallest absolute Gasteiger partial charge is 0.124 e. The molecule has 0 saturated heterocycles. The van der Waals surface area contributed by atoms with Crippen molar-refractivity contribution in [2.24, 2.45) is 0 Å². The molecule has 2 aromatic carbocycles. The van der Waals surface area contributed by atoms with Crippen LogP contribution < -0.4 is 5.32 Å². The van der Waals surface area contributed by atoms with Crippen molar-refractivity contribution in [3.8, 4) is 0 Å². The van der Waals surface area contributed by atoms with Crippen LogP contribution in [0.4, 0.5) is 10.1 Å². The van der Waals surface area contributed by atoms with Crippen molar-refractivity contribution < 1.29 is 4.39 Å². The molecule has 0 aliphatic carbocycles. The average Bonchev–Trinajstić information content (AvgIpc) is 2.33. The first-order valence-corrected chi connectivity index (χ1v) is 6.61. The Bertz CT molecular complexity index is 566. The third-order valence-electron chi connectivity index (χ3n) is 3.09. The topological polar surface area (TPSA) is 12.0 Å². The first-order chi connectivity index (χ1) is 8.58. The summed E-state index contributed by atoms with van der Waals surface area (Å²) in [7, 11) is 0. The van der Waals surface area contributed by atoms with Crippen molar-refractivity contribution in [1.82, 2.24) is 0 Å². The van der Waals surface area contributed by atoms with E-state index >= 15 is 0 Å². The molecule has 0 aliphatic rings. The van der Waals surface area contributed by atoms with Crippen LogP contribution in [0.1, 0.15) is 16.7 Å². The number of nitrogens with one attached hydrogen (secondary N) is 1. The maximum Gasteiger partial charge on any atom is 0.124 e. The third-order valence-corrected chi connectivity index (χ3v) is 3.83. The molecule has 0 heterocycles. The second kappa shape index (κ2) is 5.53. The van der Waals surface area contributed by atoms with Gasteiger partial charge in [0.15, 0.2) is 0 Å². The molecule has 18 heavy (non-hydrogen) atoms. The largest absolute Gasteiger partial charge is 0.381 e. The molecule has 2 rings (SSSR count). The summed E-state index contributed by atoms with van der Waals surface area (Å²) in [5.74, 6) is -0.225. The fourth-order valence-electron chi connectivity index (χ4n) is 1.80. The average molecular weight is 308 g/mol. The normalized spacial score (nSPS) is 10.4. The second-order valence-corrected chi connectivity index (χ2v) is 5.19. The van der Waals surface area contributed by atoms with Crippen molar-refractivity contribution >= 4 is 21.6 Å². The summed E-state index contributed by atoms with van der Waals surface area (Å²) in [5, 5.41) is 3.38. The van der Waals surface area contributed by atoms with E-state index in [1.54, 1.807) is 6.07 Å². The lowest BCUT2D eigenvalue weighted by Gasteiger charge is -2.12. The number of hydrogen-bond acceptors (Lipinski definition) is 1. The van der Waals surface area contributed by atoms with E-state index in [4.69, 9.17) is 0 Å². The zero-order valence-corrected chi connectivity index (χ0v) is 12.0. The van der Waals surface area contributed by atoms with Gasteiger partial charge in [-0.05, 0) is 48.7 Å². The summed E-state index contributed by atoms with van der Waals surface area (Å²) in [6.45, 7) is 4.86. The van der Waals surface area contributed by atoms with E-state index in [0.29, 0.717) is 6.54 Å². The van der Waals surface area contributed by atoms with Crippen molar-refractivity contribution in [3.05, 3.63) is 63.4 Å². The van der Waals surface area contributed by atoms with Crippen LogP contribution in [-0.2, 0) is 6.54 Å². The van der Waals surface area contributed by atoms with Crippen molar-refractivity contribution in [1.29, 1.82) is 0 Å². The maximum atomic E-state index is 13.0. The highest BCUT2D eigenvalue weighted by atomic mass is 79.9. The molecular weight excluding hydrogens is 293 g/mol. The van der Waals surface area contributed by atoms with Gasteiger partial charge in [-0.1, -0.05) is 34.1 Å². The van der Waals surface area contributed by atoms with E-state index in [1.165, 1.54) is 23.3 Å². The Morgan fingerprint density at radius 1 is 1.17 bits per heavy atom. The fraction of sp³-hybridized carbons (Fsp3) is 0.200. The summed E-state index contributed by atoms with van der Waals surface area (Å²) in [6.07, 6.45) is 0. The standard InChI is InChI=1S/C15H15BrFN/c1-10-4-3-5-15(11(10)2)18-9-12-6-7-13(17)8-14(12)16/h3-8,18H,9H2,1-2H3. The van der Waals surface area contributed by atoms with E-state index in [9.17, 15) is 4.39 Å². The zero-order chi connectivity index (χ0) is 13.1. The van der Waals surface area contributed by atoms with E-state index in [2.05, 4.69) is 47.2 Å². The van der Waals surface area contributed by atoms with E-state index < -0.39 is 0 Å². The van der Waals surface area contributed by atoms with Crippen LogP contribution in [0.15, 0.2) is 40.9 Å². The predicted octanol–water partition coefficient (Wildman–Crippen LogP) is 4.82. The Kier molecular flexibility index (Phi) is 4.02. The number of hydrogen-bond donors (Lipinski definition) is 1. The number of benzene rings is 2. The van der Waals surface area contributed by atoms with Crippen molar-refractivity contribution in [2.45, 2.75) is 20.4 Å². The van der Waals surface area contributed by atoms with Crippen LogP contribution in [0.2, 0.25) is 0 Å². The molecule has 3 heteroatoms. The van der Waals surface area contributed by atoms with Crippen LogP contribution in [0.3, 0.4) is 0 Å². The van der Waals surface area contributed by atoms with Gasteiger partial charge in [0.25, 0.3) is 0 Å². The molecule has 0 radical (unpaired) electrons. The molecule has 1 nitrogen and oxygen atoms in total. The molecule has 0 fully saturated rings. The van der Waals surface area contributed by atoms with Crippen molar-refractivity contribution in [3.63, 3.8) is 0 Å². The van der Waals surface area contributed by atoms with Gasteiger partial charge in [-0.15, -0.1) is 0 Å². The van der Waals surface area contributed by atoms with Crippen LogP contribution in [0, 0.1) is 19.7 Å². The van der Waals surface area contributed by atoms with Crippen LogP contribution in [-0.4, -0.2) is 0 Å². The summed E-state index contributed by atoms with van der Waals surface area (Å²) >= 11 is 3.37. The molecule has 1 N–H and O–H groups in total. The van der Waals surface area contributed by atoms with Crippen LogP contribution in [0.25, 0.3) is 0 Å². The highest BCUT2D eigenvalue weighted by molar-refractivity contribution is 9.10. The number of halogens is 2. The minimum absolute atomic E-state index is 0.225. The number of rotatable bonds is 3. The second-order valence-electron chi connectivity index (χ2n) is 4.34. The predicted molar refractivity (Wildman–Crippen MR) is 77.3 cm³/mol. The van der Waals surface area contributed by atoms with Gasteiger partial charge in [-0.3, -0.25) is 0 Å². The number of aryl methyl sites for hydroxylation is 1. The Labute approximate surface area is 115 Å². The molecule has 0 bridgehead atoms. The van der Waals surface area contributed by atoms with Gasteiger partial charge in [0.2, 0.25) is 0 Å². The highest BCUT2D eigenvalue weighted by Gasteiger charge is 2.03. The van der Waals surface area contributed by atoms with Gasteiger partial charge >= 0.3 is 0 Å². The third kappa shape index (κ3) is 2.91. The lowest BCUT2D eigenvalue weighted by molar-refractivity contribution is 0.626. The summed E-state index contributed by atoms with van der Waals surface area (Å²) in [5.41, 5.74) is 4.66.